The fraction of sp³-hybridized carbons (Fsp3) is 0.429. The number of carboxylic acids is 1. The van der Waals surface area contributed by atoms with E-state index in [0.717, 1.165) is 4.90 Å². The van der Waals surface area contributed by atoms with Crippen LogP contribution in [0.25, 0.3) is 0 Å². The summed E-state index contributed by atoms with van der Waals surface area (Å²) in [5.41, 5.74) is 1.49. The number of nitrogens with two attached hydrogens (primary N) is 1. The monoisotopic (exact) mass is 312 g/mol. The van der Waals surface area contributed by atoms with Crippen LogP contribution in [0.1, 0.15) is 37.9 Å². The number of carbonyl (C=O) groups excluding carboxylic acids is 1. The lowest BCUT2D eigenvalue weighted by Gasteiger charge is -2.27. The predicted molar refractivity (Wildman–Crippen MR) is 77.2 cm³/mol. The second kappa shape index (κ2) is 6.30. The summed E-state index contributed by atoms with van der Waals surface area (Å²) in [6.07, 6.45) is -0.682. The third kappa shape index (κ3) is 3.53. The molecule has 8 nitrogen and oxygen atoms in total. The van der Waals surface area contributed by atoms with E-state index in [2.05, 4.69) is 0 Å². The van der Waals surface area contributed by atoms with Gasteiger partial charge in [-0.1, -0.05) is 6.07 Å². The maximum Gasteiger partial charge on any atom is 0.411 e. The van der Waals surface area contributed by atoms with E-state index in [4.69, 9.17) is 4.74 Å². The van der Waals surface area contributed by atoms with E-state index < -0.39 is 23.7 Å². The van der Waals surface area contributed by atoms with Gasteiger partial charge in [-0.2, -0.15) is 0 Å². The summed E-state index contributed by atoms with van der Waals surface area (Å²) in [5, 5.41) is 20.2. The molecule has 0 saturated carbocycles. The summed E-state index contributed by atoms with van der Waals surface area (Å²) in [7, 11) is 0. The minimum absolute atomic E-state index is 0. The molecule has 1 aromatic rings. The lowest BCUT2D eigenvalue weighted by Crippen LogP contribution is -2.70. The van der Waals surface area contributed by atoms with Gasteiger partial charge < -0.3 is 26.0 Å². The molecular weight excluding hydrogens is 292 g/mol. The van der Waals surface area contributed by atoms with Crippen LogP contribution in [0.3, 0.4) is 0 Å². The van der Waals surface area contributed by atoms with Gasteiger partial charge in [-0.15, -0.1) is 0 Å². The van der Waals surface area contributed by atoms with Crippen molar-refractivity contribution >= 4 is 17.7 Å². The summed E-state index contributed by atoms with van der Waals surface area (Å²) >= 11 is 0. The van der Waals surface area contributed by atoms with Crippen molar-refractivity contribution < 1.29 is 30.4 Å². The number of nitrogens with zero attached hydrogens (tertiary/aromatic N) is 1. The van der Waals surface area contributed by atoms with Crippen molar-refractivity contribution in [2.75, 3.05) is 0 Å². The van der Waals surface area contributed by atoms with Crippen LogP contribution in [0.2, 0.25) is 0 Å². The molecular formula is C14H20N2O6. The van der Waals surface area contributed by atoms with Gasteiger partial charge in [-0.3, -0.25) is 4.90 Å². The van der Waals surface area contributed by atoms with Gasteiger partial charge in [0.2, 0.25) is 0 Å². The summed E-state index contributed by atoms with van der Waals surface area (Å²) in [5.74, 6) is -1.15. The SMILES string of the molecule is CC(C)(C)OC(=O)N1Cc2ccc([NH2+][O-])cc2[C@H]1C(=O)O.O. The first-order valence-electron chi connectivity index (χ1n) is 6.53. The lowest BCUT2D eigenvalue weighted by molar-refractivity contribution is -0.497. The Bertz CT molecular complexity index is 581. The number of aliphatic carboxylic acids is 1. The molecule has 1 aliphatic rings. The van der Waals surface area contributed by atoms with E-state index >= 15 is 0 Å². The maximum absolute atomic E-state index is 12.2. The molecule has 0 saturated heterocycles. The van der Waals surface area contributed by atoms with Crippen molar-refractivity contribution in [2.24, 2.45) is 0 Å². The van der Waals surface area contributed by atoms with Crippen LogP contribution in [0.4, 0.5) is 10.5 Å². The Kier molecular flexibility index (Phi) is 5.13. The first-order chi connectivity index (χ1) is 9.73. The molecule has 0 aliphatic carbocycles. The molecule has 0 bridgehead atoms. The van der Waals surface area contributed by atoms with Crippen molar-refractivity contribution in [2.45, 2.75) is 39.0 Å². The molecule has 8 heteroatoms. The van der Waals surface area contributed by atoms with Crippen LogP contribution in [0.5, 0.6) is 0 Å². The Balaban J connectivity index is 0.00000242. The van der Waals surface area contributed by atoms with Crippen LogP contribution < -0.4 is 5.48 Å². The standard InChI is InChI=1S/C14H18N2O5.H2O/c1-14(2,3)21-13(19)16-7-8-4-5-9(15-20)6-10(8)11(16)12(17)18;/h4-6,11H,7,15H2,1-3H3,(H,17,18);1H2/t11-;/m0./s1. The molecule has 1 aliphatic heterocycles. The van der Waals surface area contributed by atoms with Crippen molar-refractivity contribution in [1.29, 1.82) is 0 Å². The van der Waals surface area contributed by atoms with Gasteiger partial charge in [0.05, 0.1) is 6.54 Å². The smallest absolute Gasteiger partial charge is 0.411 e. The molecule has 22 heavy (non-hydrogen) atoms. The highest BCUT2D eigenvalue weighted by Gasteiger charge is 2.40. The normalized spacial score (nSPS) is 16.7. The Labute approximate surface area is 127 Å². The minimum atomic E-state index is -1.15. The largest absolute Gasteiger partial charge is 0.630 e. The van der Waals surface area contributed by atoms with Crippen LogP contribution in [-0.4, -0.2) is 33.1 Å². The van der Waals surface area contributed by atoms with Crippen LogP contribution >= 0.6 is 0 Å². The Hall–Kier alpha value is -2.16. The highest BCUT2D eigenvalue weighted by Crippen LogP contribution is 2.35. The number of rotatable bonds is 2. The molecule has 1 aromatic carbocycles. The zero-order valence-electron chi connectivity index (χ0n) is 12.6. The molecule has 5 N–H and O–H groups in total. The second-order valence-electron chi connectivity index (χ2n) is 5.93. The van der Waals surface area contributed by atoms with Crippen LogP contribution in [-0.2, 0) is 16.1 Å². The van der Waals surface area contributed by atoms with E-state index in [9.17, 15) is 19.9 Å². The van der Waals surface area contributed by atoms with E-state index in [1.807, 2.05) is 0 Å². The Morgan fingerprint density at radius 1 is 1.41 bits per heavy atom. The fourth-order valence-corrected chi connectivity index (χ4v) is 2.28. The fourth-order valence-electron chi connectivity index (χ4n) is 2.28. The summed E-state index contributed by atoms with van der Waals surface area (Å²) < 4.78 is 5.24. The number of hydrogen-bond acceptors (Lipinski definition) is 4. The van der Waals surface area contributed by atoms with E-state index in [1.165, 1.54) is 6.07 Å². The van der Waals surface area contributed by atoms with E-state index in [1.54, 1.807) is 32.9 Å². The molecule has 0 aromatic heterocycles. The van der Waals surface area contributed by atoms with Gasteiger partial charge in [-0.05, 0) is 38.0 Å². The van der Waals surface area contributed by atoms with E-state index in [0.29, 0.717) is 22.3 Å². The molecule has 0 unspecified atom stereocenters. The average Bonchev–Trinajstić information content (AvgIpc) is 2.74. The number of benzene rings is 1. The first-order valence-corrected chi connectivity index (χ1v) is 6.53. The highest BCUT2D eigenvalue weighted by molar-refractivity contribution is 5.84. The lowest BCUT2D eigenvalue weighted by atomic mass is 10.0. The highest BCUT2D eigenvalue weighted by atomic mass is 16.6. The number of carbonyl (C=O) groups is 2. The summed E-state index contributed by atoms with van der Waals surface area (Å²) in [6, 6.07) is 3.64. The number of fused-ring (bicyclic) bond motifs is 1. The summed E-state index contributed by atoms with van der Waals surface area (Å²) in [4.78, 5) is 24.8. The van der Waals surface area contributed by atoms with Gasteiger partial charge in [0, 0.05) is 6.07 Å². The number of hydrogen-bond donors (Lipinski definition) is 2. The number of quaternary nitrogens is 1. The minimum Gasteiger partial charge on any atom is -0.630 e. The maximum atomic E-state index is 12.2. The zero-order chi connectivity index (χ0) is 15.8. The first kappa shape index (κ1) is 17.9. The van der Waals surface area contributed by atoms with Gasteiger partial charge in [0.1, 0.15) is 11.3 Å². The molecule has 0 fully saturated rings. The third-order valence-electron chi connectivity index (χ3n) is 3.11. The van der Waals surface area contributed by atoms with Crippen LogP contribution in [0, 0.1) is 5.21 Å². The molecule has 0 radical (unpaired) electrons. The van der Waals surface area contributed by atoms with Gasteiger partial charge in [0.25, 0.3) is 0 Å². The molecule has 122 valence electrons. The van der Waals surface area contributed by atoms with Crippen molar-refractivity contribution in [1.82, 2.24) is 4.90 Å². The molecule has 2 rings (SSSR count). The third-order valence-corrected chi connectivity index (χ3v) is 3.11. The molecule has 1 amide bonds. The topological polar surface area (TPSA) is 138 Å². The number of carboxylic acid groups (broad SMARTS) is 1. The van der Waals surface area contributed by atoms with Crippen molar-refractivity contribution in [3.63, 3.8) is 0 Å². The van der Waals surface area contributed by atoms with E-state index in [-0.39, 0.29) is 12.0 Å². The van der Waals surface area contributed by atoms with Gasteiger partial charge in [-0.25, -0.2) is 9.59 Å². The van der Waals surface area contributed by atoms with Crippen LogP contribution in [0.15, 0.2) is 18.2 Å². The second-order valence-corrected chi connectivity index (χ2v) is 5.93. The number of ether oxygens (including phenoxy) is 1. The molecule has 0 spiro atoms. The average molecular weight is 312 g/mol. The van der Waals surface area contributed by atoms with Crippen molar-refractivity contribution in [3.8, 4) is 0 Å². The van der Waals surface area contributed by atoms with Crippen molar-refractivity contribution in [3.05, 3.63) is 34.5 Å². The summed E-state index contributed by atoms with van der Waals surface area (Å²) in [6.45, 7) is 5.30. The number of amides is 1. The Morgan fingerprint density at radius 2 is 2.05 bits per heavy atom. The van der Waals surface area contributed by atoms with Gasteiger partial charge >= 0.3 is 12.1 Å². The van der Waals surface area contributed by atoms with Gasteiger partial charge in [0.15, 0.2) is 6.04 Å². The molecule has 1 atom stereocenters. The quantitative estimate of drug-likeness (QED) is 0.602. The molecule has 1 heterocycles. The Morgan fingerprint density at radius 3 is 2.55 bits per heavy atom. The predicted octanol–water partition coefficient (Wildman–Crippen LogP) is 0.431. The zero-order valence-corrected chi connectivity index (χ0v) is 12.6.